The van der Waals surface area contributed by atoms with Crippen molar-refractivity contribution in [2.75, 3.05) is 25.5 Å². The smallest absolute Gasteiger partial charge is 0.226 e. The van der Waals surface area contributed by atoms with Crippen LogP contribution >= 0.6 is 0 Å². The van der Waals surface area contributed by atoms with Crippen LogP contribution in [-0.2, 0) is 0 Å². The number of hydrogen-bond donors (Lipinski definition) is 4. The summed E-state index contributed by atoms with van der Waals surface area (Å²) in [7, 11) is 1.67. The minimum atomic E-state index is 0.0634. The Morgan fingerprint density at radius 3 is 2.75 bits per heavy atom. The Morgan fingerprint density at radius 2 is 2.12 bits per heavy atom. The van der Waals surface area contributed by atoms with Crippen molar-refractivity contribution in [2.45, 2.75) is 6.92 Å². The molecule has 0 atom stereocenters. The van der Waals surface area contributed by atoms with E-state index in [1.165, 1.54) is 17.3 Å². The van der Waals surface area contributed by atoms with E-state index >= 15 is 0 Å². The molecule has 6 N–H and O–H groups in total. The lowest BCUT2D eigenvalue weighted by Gasteiger charge is -2.20. The Balaban J connectivity index is 2.18. The molecule has 0 spiro atoms. The fraction of sp³-hybridized carbons (Fsp3) is 0.267. The number of pyridine rings is 1. The molecule has 0 radical (unpaired) electrons. The Morgan fingerprint density at radius 1 is 1.33 bits per heavy atom. The van der Waals surface area contributed by atoms with Crippen molar-refractivity contribution >= 4 is 11.6 Å². The van der Waals surface area contributed by atoms with E-state index in [2.05, 4.69) is 20.3 Å². The maximum Gasteiger partial charge on any atom is 0.226 e. The molecule has 0 fully saturated rings. The number of likely N-dealkylation sites (N-methyl/N-ethyl adjacent to an activating group) is 1. The predicted molar refractivity (Wildman–Crippen MR) is 90.7 cm³/mol. The van der Waals surface area contributed by atoms with E-state index in [0.717, 1.165) is 0 Å². The molecule has 2 rings (SSSR count). The molecule has 24 heavy (non-hydrogen) atoms. The number of nitrogens with two attached hydrogens (primary N) is 2. The predicted octanol–water partition coefficient (Wildman–Crippen LogP) is 0.521. The van der Waals surface area contributed by atoms with Crippen LogP contribution in [0, 0.1) is 0 Å². The molecule has 9 nitrogen and oxygen atoms in total. The summed E-state index contributed by atoms with van der Waals surface area (Å²) >= 11 is 0. The summed E-state index contributed by atoms with van der Waals surface area (Å²) in [4.78, 5) is 12.4. The van der Waals surface area contributed by atoms with E-state index in [0.29, 0.717) is 35.5 Å². The van der Waals surface area contributed by atoms with Gasteiger partial charge in [-0.25, -0.2) is 10.8 Å². The maximum atomic E-state index is 9.31. The van der Waals surface area contributed by atoms with Crippen LogP contribution in [0.15, 0.2) is 36.3 Å². The van der Waals surface area contributed by atoms with Gasteiger partial charge in [0, 0.05) is 19.3 Å². The zero-order chi connectivity index (χ0) is 17.5. The lowest BCUT2D eigenvalue weighted by molar-refractivity contribution is 0.326. The summed E-state index contributed by atoms with van der Waals surface area (Å²) in [6, 6.07) is 4.79. The van der Waals surface area contributed by atoms with E-state index in [9.17, 15) is 5.11 Å². The van der Waals surface area contributed by atoms with Crippen LogP contribution in [0.4, 0.5) is 5.95 Å². The molecule has 2 heterocycles. The van der Waals surface area contributed by atoms with E-state index < -0.39 is 0 Å². The fourth-order valence-electron chi connectivity index (χ4n) is 1.92. The molecule has 0 saturated heterocycles. The molecule has 0 saturated carbocycles. The first kappa shape index (κ1) is 17.3. The number of hydrazine groups is 1. The van der Waals surface area contributed by atoms with Crippen LogP contribution in [0.1, 0.15) is 12.6 Å². The average Bonchev–Trinajstić information content (AvgIpc) is 2.56. The normalized spacial score (nSPS) is 11.6. The van der Waals surface area contributed by atoms with Gasteiger partial charge in [-0.15, -0.1) is 0 Å². The van der Waals surface area contributed by atoms with Gasteiger partial charge in [-0.3, -0.25) is 4.98 Å². The van der Waals surface area contributed by atoms with Gasteiger partial charge < -0.3 is 25.9 Å². The molecule has 2 aromatic heterocycles. The number of ether oxygens (including phenoxy) is 1. The molecule has 0 amide bonds. The van der Waals surface area contributed by atoms with Crippen molar-refractivity contribution in [1.29, 1.82) is 0 Å². The largest absolute Gasteiger partial charge is 0.506 e. The second kappa shape index (κ2) is 7.97. The zero-order valence-electron chi connectivity index (χ0n) is 13.6. The Bertz CT molecular complexity index is 701. The highest BCUT2D eigenvalue weighted by Gasteiger charge is 2.11. The molecule has 2 aromatic rings. The van der Waals surface area contributed by atoms with Gasteiger partial charge in [0.2, 0.25) is 11.8 Å². The molecule has 0 aromatic carbocycles. The van der Waals surface area contributed by atoms with Gasteiger partial charge in [-0.1, -0.05) is 0 Å². The SMILES string of the molecule is CCOc1ccnc(NC/C(=C(/N)c2ccc(O)cn2)N(C)N)n1. The van der Waals surface area contributed by atoms with E-state index in [1.807, 2.05) is 6.92 Å². The molecule has 0 aliphatic carbocycles. The number of hydrogen-bond acceptors (Lipinski definition) is 9. The van der Waals surface area contributed by atoms with Gasteiger partial charge in [0.25, 0.3) is 0 Å². The molecule has 128 valence electrons. The Labute approximate surface area is 140 Å². The summed E-state index contributed by atoms with van der Waals surface area (Å²) < 4.78 is 5.33. The van der Waals surface area contributed by atoms with Crippen LogP contribution < -0.4 is 21.6 Å². The summed E-state index contributed by atoms with van der Waals surface area (Å²) in [6.45, 7) is 2.69. The van der Waals surface area contributed by atoms with Crippen molar-refractivity contribution in [3.63, 3.8) is 0 Å². The lowest BCUT2D eigenvalue weighted by Crippen LogP contribution is -2.32. The third-order valence-electron chi connectivity index (χ3n) is 3.10. The van der Waals surface area contributed by atoms with E-state index in [4.69, 9.17) is 16.3 Å². The second-order valence-corrected chi connectivity index (χ2v) is 4.88. The Kier molecular flexibility index (Phi) is 5.74. The molecule has 0 bridgehead atoms. The van der Waals surface area contributed by atoms with Gasteiger partial charge in [0.05, 0.1) is 36.4 Å². The first-order chi connectivity index (χ1) is 11.5. The summed E-state index contributed by atoms with van der Waals surface area (Å²) in [5.74, 6) is 6.80. The average molecular weight is 331 g/mol. The summed E-state index contributed by atoms with van der Waals surface area (Å²) in [5.41, 5.74) is 7.62. The lowest BCUT2D eigenvalue weighted by atomic mass is 10.2. The van der Waals surface area contributed by atoms with Crippen LogP contribution in [0.25, 0.3) is 5.70 Å². The van der Waals surface area contributed by atoms with Crippen molar-refractivity contribution in [1.82, 2.24) is 20.0 Å². The zero-order valence-corrected chi connectivity index (χ0v) is 13.6. The van der Waals surface area contributed by atoms with Crippen molar-refractivity contribution < 1.29 is 9.84 Å². The minimum Gasteiger partial charge on any atom is -0.506 e. The van der Waals surface area contributed by atoms with Crippen LogP contribution in [0.5, 0.6) is 11.6 Å². The number of aromatic hydroxyl groups is 1. The third kappa shape index (κ3) is 4.46. The van der Waals surface area contributed by atoms with Gasteiger partial charge in [-0.05, 0) is 19.1 Å². The number of nitrogens with one attached hydrogen (secondary N) is 1. The minimum absolute atomic E-state index is 0.0634. The summed E-state index contributed by atoms with van der Waals surface area (Å²) in [6.07, 6.45) is 2.92. The van der Waals surface area contributed by atoms with Crippen molar-refractivity contribution in [3.05, 3.63) is 42.0 Å². The molecular weight excluding hydrogens is 310 g/mol. The molecular formula is C15H21N7O2. The summed E-state index contributed by atoms with van der Waals surface area (Å²) in [5, 5.41) is 13.8. The van der Waals surface area contributed by atoms with Crippen molar-refractivity contribution in [2.24, 2.45) is 11.6 Å². The number of anilines is 1. The molecule has 0 unspecified atom stereocenters. The maximum absolute atomic E-state index is 9.31. The topological polar surface area (TPSA) is 135 Å². The number of aromatic nitrogens is 3. The van der Waals surface area contributed by atoms with Crippen LogP contribution in [0.2, 0.25) is 0 Å². The third-order valence-corrected chi connectivity index (χ3v) is 3.10. The van der Waals surface area contributed by atoms with Gasteiger partial charge in [0.1, 0.15) is 5.75 Å². The monoisotopic (exact) mass is 331 g/mol. The number of nitrogens with zero attached hydrogens (tertiary/aromatic N) is 4. The second-order valence-electron chi connectivity index (χ2n) is 4.88. The highest BCUT2D eigenvalue weighted by Crippen LogP contribution is 2.16. The van der Waals surface area contributed by atoms with Gasteiger partial charge in [0.15, 0.2) is 0 Å². The first-order valence-electron chi connectivity index (χ1n) is 7.33. The molecule has 9 heteroatoms. The highest BCUT2D eigenvalue weighted by atomic mass is 16.5. The van der Waals surface area contributed by atoms with Gasteiger partial charge in [-0.2, -0.15) is 4.98 Å². The van der Waals surface area contributed by atoms with Gasteiger partial charge >= 0.3 is 0 Å². The number of rotatable bonds is 7. The first-order valence-corrected chi connectivity index (χ1v) is 7.33. The van der Waals surface area contributed by atoms with E-state index in [1.54, 1.807) is 25.4 Å². The van der Waals surface area contributed by atoms with Crippen LogP contribution in [-0.4, -0.2) is 45.3 Å². The fourth-order valence-corrected chi connectivity index (χ4v) is 1.92. The molecule has 0 aliphatic heterocycles. The highest BCUT2D eigenvalue weighted by molar-refractivity contribution is 5.63. The van der Waals surface area contributed by atoms with Crippen molar-refractivity contribution in [3.8, 4) is 11.6 Å². The Hall–Kier alpha value is -3.07. The molecule has 0 aliphatic rings. The standard InChI is InChI=1S/C15H21N7O2/c1-3-24-13-6-7-18-15(21-13)20-9-12(22(2)17)14(16)11-5-4-10(23)8-19-11/h4-8,23H,3,9,16-17H2,1-2H3,(H,18,20,21)/b14-12-. The van der Waals surface area contributed by atoms with E-state index in [-0.39, 0.29) is 12.3 Å². The quantitative estimate of drug-likeness (QED) is 0.423. The van der Waals surface area contributed by atoms with Crippen LogP contribution in [0.3, 0.4) is 0 Å².